The highest BCUT2D eigenvalue weighted by molar-refractivity contribution is 5.75. The third kappa shape index (κ3) is 6.24. The molecular weight excluding hydrogens is 224 g/mol. The lowest BCUT2D eigenvalue weighted by Gasteiger charge is -2.21. The van der Waals surface area contributed by atoms with Gasteiger partial charge in [-0.2, -0.15) is 0 Å². The van der Waals surface area contributed by atoms with Crippen LogP contribution in [-0.4, -0.2) is 11.4 Å². The van der Waals surface area contributed by atoms with Gasteiger partial charge in [0.15, 0.2) is 0 Å². The first-order chi connectivity index (χ1) is 8.37. The largest absolute Gasteiger partial charge is 0.488 e. The quantitative estimate of drug-likeness (QED) is 0.776. The molecule has 0 saturated carbocycles. The van der Waals surface area contributed by atoms with Crippen molar-refractivity contribution in [2.45, 2.75) is 46.1 Å². The molecular formula is C16H22O2. The molecule has 0 aliphatic rings. The minimum Gasteiger partial charge on any atom is -0.488 e. The predicted octanol–water partition coefficient (Wildman–Crippen LogP) is 4.25. The molecule has 0 aliphatic carbocycles. The van der Waals surface area contributed by atoms with Crippen LogP contribution in [0.15, 0.2) is 30.3 Å². The van der Waals surface area contributed by atoms with Crippen molar-refractivity contribution < 1.29 is 9.53 Å². The highest BCUT2D eigenvalue weighted by Crippen LogP contribution is 2.19. The summed E-state index contributed by atoms with van der Waals surface area (Å²) < 4.78 is 5.75. The van der Waals surface area contributed by atoms with Crippen LogP contribution in [0, 0.1) is 0 Å². The van der Waals surface area contributed by atoms with Crippen molar-refractivity contribution in [3.05, 3.63) is 35.9 Å². The minimum atomic E-state index is -0.168. The van der Waals surface area contributed by atoms with E-state index >= 15 is 0 Å². The standard InChI is InChI=1S/C16H22O2/c1-13(17)7-5-6-8-14-9-11-15(12-10-14)18-16(2,3)4/h6,8-12H,5,7H2,1-4H3/b8-6+. The molecule has 2 nitrogen and oxygen atoms in total. The summed E-state index contributed by atoms with van der Waals surface area (Å²) in [5.74, 6) is 1.11. The summed E-state index contributed by atoms with van der Waals surface area (Å²) in [6.07, 6.45) is 5.47. The SMILES string of the molecule is CC(=O)CC/C=C/c1ccc(OC(C)(C)C)cc1. The zero-order chi connectivity index (χ0) is 13.6. The maximum atomic E-state index is 10.8. The van der Waals surface area contributed by atoms with Crippen molar-refractivity contribution in [2.24, 2.45) is 0 Å². The topological polar surface area (TPSA) is 26.3 Å². The number of ether oxygens (including phenoxy) is 1. The maximum Gasteiger partial charge on any atom is 0.130 e. The Hall–Kier alpha value is -1.57. The van der Waals surface area contributed by atoms with E-state index in [1.165, 1.54) is 0 Å². The fraction of sp³-hybridized carbons (Fsp3) is 0.438. The fourth-order valence-corrected chi connectivity index (χ4v) is 1.51. The Morgan fingerprint density at radius 2 is 1.83 bits per heavy atom. The highest BCUT2D eigenvalue weighted by atomic mass is 16.5. The van der Waals surface area contributed by atoms with Gasteiger partial charge in [-0.25, -0.2) is 0 Å². The number of carbonyl (C=O) groups excluding carboxylic acids is 1. The predicted molar refractivity (Wildman–Crippen MR) is 75.8 cm³/mol. The van der Waals surface area contributed by atoms with Crippen LogP contribution in [0.4, 0.5) is 0 Å². The number of allylic oxidation sites excluding steroid dienone is 1. The Balaban J connectivity index is 2.52. The van der Waals surface area contributed by atoms with Crippen molar-refractivity contribution in [3.8, 4) is 5.75 Å². The monoisotopic (exact) mass is 246 g/mol. The van der Waals surface area contributed by atoms with Gasteiger partial charge in [0.05, 0.1) is 0 Å². The van der Waals surface area contributed by atoms with Gasteiger partial charge in [-0.05, 0) is 51.8 Å². The van der Waals surface area contributed by atoms with Gasteiger partial charge in [0.1, 0.15) is 17.1 Å². The Labute approximate surface area is 110 Å². The van der Waals surface area contributed by atoms with Gasteiger partial charge in [-0.3, -0.25) is 0 Å². The number of ketones is 1. The van der Waals surface area contributed by atoms with E-state index < -0.39 is 0 Å². The van der Waals surface area contributed by atoms with E-state index in [4.69, 9.17) is 4.74 Å². The molecule has 0 unspecified atom stereocenters. The molecule has 1 aromatic carbocycles. The van der Waals surface area contributed by atoms with E-state index in [-0.39, 0.29) is 11.4 Å². The van der Waals surface area contributed by atoms with Crippen LogP contribution < -0.4 is 4.74 Å². The summed E-state index contributed by atoms with van der Waals surface area (Å²) in [6, 6.07) is 7.97. The minimum absolute atomic E-state index is 0.168. The molecule has 0 fully saturated rings. The number of benzene rings is 1. The number of hydrogen-bond acceptors (Lipinski definition) is 2. The van der Waals surface area contributed by atoms with Gasteiger partial charge in [0.25, 0.3) is 0 Å². The molecule has 2 heteroatoms. The summed E-state index contributed by atoms with van der Waals surface area (Å²) in [4.78, 5) is 10.8. The molecule has 0 aliphatic heterocycles. The van der Waals surface area contributed by atoms with Crippen LogP contribution in [0.25, 0.3) is 6.08 Å². The molecule has 0 N–H and O–H groups in total. The molecule has 0 radical (unpaired) electrons. The number of rotatable bonds is 5. The average Bonchev–Trinajstić information content (AvgIpc) is 2.24. The van der Waals surface area contributed by atoms with Gasteiger partial charge in [-0.15, -0.1) is 0 Å². The first kappa shape index (κ1) is 14.5. The van der Waals surface area contributed by atoms with E-state index in [1.54, 1.807) is 6.92 Å². The molecule has 0 aromatic heterocycles. The second kappa shape index (κ2) is 6.39. The fourth-order valence-electron chi connectivity index (χ4n) is 1.51. The lowest BCUT2D eigenvalue weighted by Crippen LogP contribution is -2.22. The van der Waals surface area contributed by atoms with Crippen molar-refractivity contribution in [1.82, 2.24) is 0 Å². The van der Waals surface area contributed by atoms with Crippen LogP contribution in [0.1, 0.15) is 46.1 Å². The van der Waals surface area contributed by atoms with Crippen molar-refractivity contribution in [1.29, 1.82) is 0 Å². The van der Waals surface area contributed by atoms with E-state index in [2.05, 4.69) is 0 Å². The number of Topliss-reactive ketones (excluding diaryl/α,β-unsaturated/α-hetero) is 1. The Morgan fingerprint density at radius 1 is 1.22 bits per heavy atom. The summed E-state index contributed by atoms with van der Waals surface area (Å²) in [5.41, 5.74) is 0.957. The van der Waals surface area contributed by atoms with Crippen molar-refractivity contribution >= 4 is 11.9 Å². The molecule has 0 spiro atoms. The molecule has 1 rings (SSSR count). The lowest BCUT2D eigenvalue weighted by atomic mass is 10.1. The number of hydrogen-bond donors (Lipinski definition) is 0. The smallest absolute Gasteiger partial charge is 0.130 e. The second-order valence-corrected chi connectivity index (χ2v) is 5.43. The average molecular weight is 246 g/mol. The van der Waals surface area contributed by atoms with Gasteiger partial charge in [0, 0.05) is 6.42 Å². The summed E-state index contributed by atoms with van der Waals surface area (Å²) in [5, 5.41) is 0. The first-order valence-corrected chi connectivity index (χ1v) is 6.32. The normalized spacial score (nSPS) is 11.8. The van der Waals surface area contributed by atoms with E-state index in [0.29, 0.717) is 6.42 Å². The van der Waals surface area contributed by atoms with Crippen LogP contribution in [-0.2, 0) is 4.79 Å². The molecule has 0 saturated heterocycles. The van der Waals surface area contributed by atoms with Gasteiger partial charge in [-0.1, -0.05) is 24.3 Å². The highest BCUT2D eigenvalue weighted by Gasteiger charge is 2.10. The number of carbonyl (C=O) groups is 1. The zero-order valence-electron chi connectivity index (χ0n) is 11.7. The van der Waals surface area contributed by atoms with Gasteiger partial charge >= 0.3 is 0 Å². The first-order valence-electron chi connectivity index (χ1n) is 6.32. The molecule has 0 bridgehead atoms. The van der Waals surface area contributed by atoms with Crippen LogP contribution in [0.2, 0.25) is 0 Å². The van der Waals surface area contributed by atoms with Crippen molar-refractivity contribution in [2.75, 3.05) is 0 Å². The van der Waals surface area contributed by atoms with E-state index in [0.717, 1.165) is 17.7 Å². The molecule has 18 heavy (non-hydrogen) atoms. The Kier molecular flexibility index (Phi) is 5.14. The van der Waals surface area contributed by atoms with Crippen LogP contribution in [0.5, 0.6) is 5.75 Å². The summed E-state index contributed by atoms with van der Waals surface area (Å²) in [7, 11) is 0. The van der Waals surface area contributed by atoms with Crippen LogP contribution >= 0.6 is 0 Å². The molecule has 98 valence electrons. The summed E-state index contributed by atoms with van der Waals surface area (Å²) in [6.45, 7) is 7.71. The third-order valence-electron chi connectivity index (χ3n) is 2.28. The van der Waals surface area contributed by atoms with Gasteiger partial charge in [0.2, 0.25) is 0 Å². The zero-order valence-corrected chi connectivity index (χ0v) is 11.7. The van der Waals surface area contributed by atoms with E-state index in [9.17, 15) is 4.79 Å². The third-order valence-corrected chi connectivity index (χ3v) is 2.28. The maximum absolute atomic E-state index is 10.8. The molecule has 0 heterocycles. The molecule has 1 aromatic rings. The Morgan fingerprint density at radius 3 is 2.33 bits per heavy atom. The lowest BCUT2D eigenvalue weighted by molar-refractivity contribution is -0.116. The Bertz CT molecular complexity index is 408. The van der Waals surface area contributed by atoms with Crippen molar-refractivity contribution in [3.63, 3.8) is 0 Å². The van der Waals surface area contributed by atoms with E-state index in [1.807, 2.05) is 57.2 Å². The summed E-state index contributed by atoms with van der Waals surface area (Å²) >= 11 is 0. The van der Waals surface area contributed by atoms with Gasteiger partial charge < -0.3 is 9.53 Å². The van der Waals surface area contributed by atoms with Crippen LogP contribution in [0.3, 0.4) is 0 Å². The second-order valence-electron chi connectivity index (χ2n) is 5.43. The molecule has 0 amide bonds. The molecule has 0 atom stereocenters.